The molecule has 0 saturated heterocycles. The van der Waals surface area contributed by atoms with Gasteiger partial charge < -0.3 is 15.4 Å². The van der Waals surface area contributed by atoms with Crippen LogP contribution in [0.5, 0.6) is 0 Å². The molecule has 1 unspecified atom stereocenters. The number of H-pyrrole nitrogens is 1. The molecule has 0 radical (unpaired) electrons. The van der Waals surface area contributed by atoms with Crippen LogP contribution in [0.3, 0.4) is 0 Å². The van der Waals surface area contributed by atoms with Crippen molar-refractivity contribution in [2.45, 2.75) is 12.4 Å². The number of nitrogens with one attached hydrogen (secondary N) is 2. The minimum Gasteiger partial charge on any atom is -0.437 e. The SMILES string of the molecule is CB(O)NCC(O)(c1ccc(Cl)cc1)c1ccc(-c2cn[nH]c2)cc1. The van der Waals surface area contributed by atoms with Crippen LogP contribution in [0.2, 0.25) is 11.8 Å². The Labute approximate surface area is 151 Å². The quantitative estimate of drug-likeness (QED) is 0.512. The molecule has 1 heterocycles. The highest BCUT2D eigenvalue weighted by Gasteiger charge is 2.32. The second kappa shape index (κ2) is 7.41. The standard InChI is InChI=1S/C18H19BClN3O2/c1-19(25)21-12-18(24,16-6-8-17(20)9-7-16)15-4-2-13(3-5-15)14-10-22-23-11-14/h2-11,21,24-25H,12H2,1H3,(H,22,23). The molecule has 5 nitrogen and oxygen atoms in total. The van der Waals surface area contributed by atoms with E-state index in [4.69, 9.17) is 11.6 Å². The summed E-state index contributed by atoms with van der Waals surface area (Å²) in [6.45, 7) is 1.78. The molecule has 7 heteroatoms. The summed E-state index contributed by atoms with van der Waals surface area (Å²) in [6.07, 6.45) is 3.56. The molecule has 0 fully saturated rings. The largest absolute Gasteiger partial charge is 0.437 e. The highest BCUT2D eigenvalue weighted by Crippen LogP contribution is 2.31. The van der Waals surface area contributed by atoms with Crippen LogP contribution in [-0.4, -0.2) is 33.9 Å². The number of aromatic amines is 1. The fourth-order valence-electron chi connectivity index (χ4n) is 2.74. The molecular formula is C18H19BClN3O2. The van der Waals surface area contributed by atoms with Crippen molar-refractivity contribution in [2.75, 3.05) is 6.54 Å². The van der Waals surface area contributed by atoms with E-state index < -0.39 is 12.7 Å². The van der Waals surface area contributed by atoms with Gasteiger partial charge in [0.2, 0.25) is 0 Å². The monoisotopic (exact) mass is 355 g/mol. The van der Waals surface area contributed by atoms with Crippen molar-refractivity contribution < 1.29 is 10.1 Å². The van der Waals surface area contributed by atoms with E-state index in [-0.39, 0.29) is 6.54 Å². The second-order valence-corrected chi connectivity index (χ2v) is 6.42. The minimum absolute atomic E-state index is 0.164. The molecule has 3 rings (SSSR count). The number of benzene rings is 2. The highest BCUT2D eigenvalue weighted by atomic mass is 35.5. The maximum atomic E-state index is 11.4. The molecule has 0 aliphatic rings. The highest BCUT2D eigenvalue weighted by molar-refractivity contribution is 6.45. The summed E-state index contributed by atoms with van der Waals surface area (Å²) in [5.41, 5.74) is 2.09. The van der Waals surface area contributed by atoms with E-state index in [9.17, 15) is 10.1 Å². The average Bonchev–Trinajstić information content (AvgIpc) is 3.15. The fourth-order valence-corrected chi connectivity index (χ4v) is 2.86. The number of hydrogen-bond acceptors (Lipinski definition) is 4. The van der Waals surface area contributed by atoms with E-state index >= 15 is 0 Å². The third kappa shape index (κ3) is 3.94. The molecule has 25 heavy (non-hydrogen) atoms. The molecule has 0 spiro atoms. The zero-order valence-corrected chi connectivity index (χ0v) is 14.5. The van der Waals surface area contributed by atoms with Crippen molar-refractivity contribution >= 4 is 18.7 Å². The number of halogens is 1. The Kier molecular flexibility index (Phi) is 5.25. The van der Waals surface area contributed by atoms with Crippen molar-refractivity contribution in [1.82, 2.24) is 15.4 Å². The Bertz CT molecular complexity index is 807. The third-order valence-electron chi connectivity index (χ3n) is 4.17. The van der Waals surface area contributed by atoms with E-state index in [1.807, 2.05) is 30.5 Å². The smallest absolute Gasteiger partial charge is 0.373 e. The van der Waals surface area contributed by atoms with Crippen molar-refractivity contribution in [3.8, 4) is 11.1 Å². The van der Waals surface area contributed by atoms with Gasteiger partial charge in [-0.1, -0.05) is 48.0 Å². The maximum absolute atomic E-state index is 11.4. The molecular weight excluding hydrogens is 336 g/mol. The number of rotatable bonds is 6. The van der Waals surface area contributed by atoms with Gasteiger partial charge in [-0.05, 0) is 35.6 Å². The number of aliphatic hydroxyl groups is 1. The maximum Gasteiger partial charge on any atom is 0.373 e. The molecule has 128 valence electrons. The van der Waals surface area contributed by atoms with E-state index in [0.717, 1.165) is 16.7 Å². The molecule has 0 amide bonds. The zero-order chi connectivity index (χ0) is 17.9. The molecule has 0 saturated carbocycles. The van der Waals surface area contributed by atoms with Crippen LogP contribution in [0.15, 0.2) is 60.9 Å². The lowest BCUT2D eigenvalue weighted by atomic mass is 9.81. The summed E-state index contributed by atoms with van der Waals surface area (Å²) in [4.78, 5) is 0. The molecule has 0 aliphatic carbocycles. The van der Waals surface area contributed by atoms with Gasteiger partial charge in [0.05, 0.1) is 6.20 Å². The molecule has 0 bridgehead atoms. The third-order valence-corrected chi connectivity index (χ3v) is 4.42. The van der Waals surface area contributed by atoms with Crippen molar-refractivity contribution in [3.63, 3.8) is 0 Å². The summed E-state index contributed by atoms with van der Waals surface area (Å²) >= 11 is 5.97. The van der Waals surface area contributed by atoms with Crippen LogP contribution >= 0.6 is 11.6 Å². The number of aromatic nitrogens is 2. The van der Waals surface area contributed by atoms with Crippen molar-refractivity contribution in [3.05, 3.63) is 77.1 Å². The lowest BCUT2D eigenvalue weighted by Crippen LogP contribution is -2.44. The summed E-state index contributed by atoms with van der Waals surface area (Å²) < 4.78 is 0. The summed E-state index contributed by atoms with van der Waals surface area (Å²) in [5, 5.41) is 31.2. The molecule has 4 N–H and O–H groups in total. The predicted octanol–water partition coefficient (Wildman–Crippen LogP) is 2.67. The Hall–Kier alpha value is -2.12. The normalized spacial score (nSPS) is 13.4. The Morgan fingerprint density at radius 1 is 1.08 bits per heavy atom. The predicted molar refractivity (Wildman–Crippen MR) is 100 cm³/mol. The Morgan fingerprint density at radius 3 is 2.20 bits per heavy atom. The molecule has 1 atom stereocenters. The molecule has 0 aliphatic heterocycles. The lowest BCUT2D eigenvalue weighted by molar-refractivity contribution is 0.0848. The van der Waals surface area contributed by atoms with Crippen LogP contribution in [0.25, 0.3) is 11.1 Å². The van der Waals surface area contributed by atoms with E-state index in [1.54, 1.807) is 37.3 Å². The van der Waals surface area contributed by atoms with E-state index in [2.05, 4.69) is 15.4 Å². The van der Waals surface area contributed by atoms with Gasteiger partial charge in [0.1, 0.15) is 5.60 Å². The van der Waals surface area contributed by atoms with Crippen LogP contribution in [0.1, 0.15) is 11.1 Å². The fraction of sp³-hybridized carbons (Fsp3) is 0.167. The number of nitrogens with zero attached hydrogens (tertiary/aromatic N) is 1. The molecule has 1 aromatic heterocycles. The van der Waals surface area contributed by atoms with Gasteiger partial charge in [-0.3, -0.25) is 5.10 Å². The van der Waals surface area contributed by atoms with Crippen LogP contribution in [0, 0.1) is 0 Å². The van der Waals surface area contributed by atoms with Gasteiger partial charge in [-0.2, -0.15) is 5.10 Å². The molecule has 2 aromatic carbocycles. The minimum atomic E-state index is -1.30. The summed E-state index contributed by atoms with van der Waals surface area (Å²) in [5.74, 6) is 0. The van der Waals surface area contributed by atoms with Gasteiger partial charge in [-0.15, -0.1) is 0 Å². The van der Waals surface area contributed by atoms with Crippen molar-refractivity contribution in [2.24, 2.45) is 0 Å². The summed E-state index contributed by atoms with van der Waals surface area (Å²) in [6, 6.07) is 14.7. The van der Waals surface area contributed by atoms with Gasteiger partial charge in [0, 0.05) is 23.3 Å². The first-order valence-corrected chi connectivity index (χ1v) is 8.36. The van der Waals surface area contributed by atoms with Gasteiger partial charge >= 0.3 is 7.05 Å². The second-order valence-electron chi connectivity index (χ2n) is 5.99. The van der Waals surface area contributed by atoms with Crippen LogP contribution < -0.4 is 5.23 Å². The lowest BCUT2D eigenvalue weighted by Gasteiger charge is -2.30. The van der Waals surface area contributed by atoms with Gasteiger partial charge in [-0.25, -0.2) is 0 Å². The average molecular weight is 356 g/mol. The molecule has 3 aromatic rings. The van der Waals surface area contributed by atoms with Crippen LogP contribution in [-0.2, 0) is 5.60 Å². The van der Waals surface area contributed by atoms with Crippen LogP contribution in [0.4, 0.5) is 0 Å². The zero-order valence-electron chi connectivity index (χ0n) is 13.8. The van der Waals surface area contributed by atoms with Crippen molar-refractivity contribution in [1.29, 1.82) is 0 Å². The first-order chi connectivity index (χ1) is 12.0. The number of hydrogen-bond donors (Lipinski definition) is 4. The van der Waals surface area contributed by atoms with Gasteiger partial charge in [0.25, 0.3) is 0 Å². The first-order valence-electron chi connectivity index (χ1n) is 7.98. The Morgan fingerprint density at radius 2 is 1.68 bits per heavy atom. The van der Waals surface area contributed by atoms with E-state index in [0.29, 0.717) is 10.6 Å². The van der Waals surface area contributed by atoms with E-state index in [1.165, 1.54) is 0 Å². The first kappa shape index (κ1) is 17.7. The topological polar surface area (TPSA) is 81.2 Å². The summed E-state index contributed by atoms with van der Waals surface area (Å²) in [7, 11) is -0.732. The Balaban J connectivity index is 1.97. The van der Waals surface area contributed by atoms with Gasteiger partial charge in [0.15, 0.2) is 0 Å².